The molecule has 2 heteroatoms. The van der Waals surface area contributed by atoms with E-state index in [4.69, 9.17) is 0 Å². The molecule has 2 nitrogen and oxygen atoms in total. The minimum absolute atomic E-state index is 0.688. The summed E-state index contributed by atoms with van der Waals surface area (Å²) < 4.78 is 0. The Labute approximate surface area is 82.0 Å². The molecule has 0 spiro atoms. The van der Waals surface area contributed by atoms with Crippen molar-refractivity contribution in [1.29, 1.82) is 0 Å². The van der Waals surface area contributed by atoms with Crippen molar-refractivity contribution in [2.75, 3.05) is 6.54 Å². The molecule has 76 valence electrons. The lowest BCUT2D eigenvalue weighted by Crippen LogP contribution is -2.52. The van der Waals surface area contributed by atoms with Crippen LogP contribution in [0.3, 0.4) is 0 Å². The Morgan fingerprint density at radius 1 is 1.38 bits per heavy atom. The largest absolute Gasteiger partial charge is 0.254 e. The number of nitrogens with one attached hydrogen (secondary N) is 1. The van der Waals surface area contributed by atoms with Crippen LogP contribution in [0.2, 0.25) is 0 Å². The summed E-state index contributed by atoms with van der Waals surface area (Å²) in [4.78, 5) is 0. The van der Waals surface area contributed by atoms with Gasteiger partial charge in [0.1, 0.15) is 0 Å². The molecule has 1 aliphatic rings. The van der Waals surface area contributed by atoms with Crippen molar-refractivity contribution < 1.29 is 0 Å². The maximum atomic E-state index is 3.72. The predicted octanol–water partition coefficient (Wildman–Crippen LogP) is 2.33. The summed E-state index contributed by atoms with van der Waals surface area (Å²) in [5.74, 6) is 0. The van der Waals surface area contributed by atoms with Crippen LogP contribution >= 0.6 is 0 Å². The average molecular weight is 182 g/mol. The average Bonchev–Trinajstić information content (AvgIpc) is 2.10. The van der Waals surface area contributed by atoms with Crippen molar-refractivity contribution in [3.05, 3.63) is 12.7 Å². The molecule has 13 heavy (non-hydrogen) atoms. The Morgan fingerprint density at radius 3 is 2.54 bits per heavy atom. The molecule has 0 radical (unpaired) electrons. The van der Waals surface area contributed by atoms with Crippen LogP contribution in [-0.2, 0) is 0 Å². The van der Waals surface area contributed by atoms with Gasteiger partial charge in [0.2, 0.25) is 0 Å². The second-order valence-electron chi connectivity index (χ2n) is 4.02. The fraction of sp³-hybridized carbons (Fsp3) is 0.818. The number of hydrazine groups is 1. The zero-order valence-corrected chi connectivity index (χ0v) is 8.92. The van der Waals surface area contributed by atoms with Gasteiger partial charge in [0.15, 0.2) is 0 Å². The molecule has 0 aromatic heterocycles. The van der Waals surface area contributed by atoms with E-state index >= 15 is 0 Å². The third-order valence-corrected chi connectivity index (χ3v) is 2.84. The Hall–Kier alpha value is -0.340. The Bertz CT molecular complexity index is 146. The molecule has 2 atom stereocenters. The fourth-order valence-corrected chi connectivity index (χ4v) is 2.03. The van der Waals surface area contributed by atoms with Gasteiger partial charge in [0.05, 0.1) is 0 Å². The van der Waals surface area contributed by atoms with Crippen LogP contribution in [0, 0.1) is 0 Å². The van der Waals surface area contributed by atoms with Crippen molar-refractivity contribution >= 4 is 0 Å². The molecule has 0 saturated carbocycles. The van der Waals surface area contributed by atoms with Crippen molar-refractivity contribution in [2.24, 2.45) is 0 Å². The normalized spacial score (nSPS) is 30.3. The van der Waals surface area contributed by atoms with E-state index in [1.807, 2.05) is 6.08 Å². The fourth-order valence-electron chi connectivity index (χ4n) is 2.03. The summed E-state index contributed by atoms with van der Waals surface area (Å²) >= 11 is 0. The van der Waals surface area contributed by atoms with E-state index in [9.17, 15) is 0 Å². The Balaban J connectivity index is 2.30. The van der Waals surface area contributed by atoms with Crippen LogP contribution in [0.5, 0.6) is 0 Å². The lowest BCUT2D eigenvalue weighted by Gasteiger charge is -2.39. The summed E-state index contributed by atoms with van der Waals surface area (Å²) in [6.45, 7) is 9.35. The van der Waals surface area contributed by atoms with Crippen molar-refractivity contribution in [2.45, 2.75) is 51.6 Å². The first-order valence-corrected chi connectivity index (χ1v) is 5.38. The van der Waals surface area contributed by atoms with E-state index in [1.54, 1.807) is 0 Å². The lowest BCUT2D eigenvalue weighted by molar-refractivity contribution is 0.0473. The SMILES string of the molecule is C=CCCNN1C(C)CCCC1C. The molecule has 0 aliphatic carbocycles. The Kier molecular flexibility index (Phi) is 4.46. The summed E-state index contributed by atoms with van der Waals surface area (Å²) in [5, 5.41) is 2.41. The number of nitrogens with zero attached hydrogens (tertiary/aromatic N) is 1. The van der Waals surface area contributed by atoms with Gasteiger partial charge < -0.3 is 0 Å². The monoisotopic (exact) mass is 182 g/mol. The zero-order valence-electron chi connectivity index (χ0n) is 8.92. The van der Waals surface area contributed by atoms with Crippen LogP contribution in [-0.4, -0.2) is 23.6 Å². The molecular weight excluding hydrogens is 160 g/mol. The van der Waals surface area contributed by atoms with Crippen molar-refractivity contribution in [3.8, 4) is 0 Å². The van der Waals surface area contributed by atoms with Gasteiger partial charge in [-0.3, -0.25) is 5.43 Å². The highest BCUT2D eigenvalue weighted by Gasteiger charge is 2.23. The molecule has 0 aromatic carbocycles. The van der Waals surface area contributed by atoms with Gasteiger partial charge in [-0.2, -0.15) is 0 Å². The number of rotatable bonds is 4. The van der Waals surface area contributed by atoms with Crippen LogP contribution in [0.4, 0.5) is 0 Å². The zero-order chi connectivity index (χ0) is 9.68. The Morgan fingerprint density at radius 2 is 2.00 bits per heavy atom. The molecular formula is C11H22N2. The first-order valence-electron chi connectivity index (χ1n) is 5.38. The molecule has 0 bridgehead atoms. The van der Waals surface area contributed by atoms with Gasteiger partial charge in [-0.1, -0.05) is 12.5 Å². The van der Waals surface area contributed by atoms with Crippen LogP contribution in [0.25, 0.3) is 0 Å². The van der Waals surface area contributed by atoms with Gasteiger partial charge in [-0.15, -0.1) is 6.58 Å². The lowest BCUT2D eigenvalue weighted by atomic mass is 10.00. The minimum atomic E-state index is 0.688. The van der Waals surface area contributed by atoms with E-state index in [0.717, 1.165) is 13.0 Å². The van der Waals surface area contributed by atoms with Crippen LogP contribution in [0.15, 0.2) is 12.7 Å². The van der Waals surface area contributed by atoms with Crippen molar-refractivity contribution in [1.82, 2.24) is 10.4 Å². The quantitative estimate of drug-likeness (QED) is 0.530. The maximum Gasteiger partial charge on any atom is 0.0218 e. The molecule has 1 heterocycles. The molecule has 0 aromatic rings. The van der Waals surface area contributed by atoms with Gasteiger partial charge >= 0.3 is 0 Å². The van der Waals surface area contributed by atoms with Crippen LogP contribution in [0.1, 0.15) is 39.5 Å². The third kappa shape index (κ3) is 3.12. The second kappa shape index (κ2) is 5.40. The number of hydrogen-bond donors (Lipinski definition) is 1. The predicted molar refractivity (Wildman–Crippen MR) is 57.4 cm³/mol. The topological polar surface area (TPSA) is 15.3 Å². The van der Waals surface area contributed by atoms with E-state index in [0.29, 0.717) is 12.1 Å². The smallest absolute Gasteiger partial charge is 0.0218 e. The first-order chi connectivity index (χ1) is 6.25. The maximum absolute atomic E-state index is 3.72. The highest BCUT2D eigenvalue weighted by atomic mass is 15.5. The summed E-state index contributed by atoms with van der Waals surface area (Å²) in [6, 6.07) is 1.38. The molecule has 1 fully saturated rings. The highest BCUT2D eigenvalue weighted by Crippen LogP contribution is 2.19. The van der Waals surface area contributed by atoms with Gasteiger partial charge in [0, 0.05) is 18.6 Å². The molecule has 1 saturated heterocycles. The van der Waals surface area contributed by atoms with E-state index in [1.165, 1.54) is 19.3 Å². The summed E-state index contributed by atoms with van der Waals surface area (Å²) in [6.07, 6.45) is 7.04. The number of hydrogen-bond acceptors (Lipinski definition) is 2. The number of piperidine rings is 1. The van der Waals surface area contributed by atoms with E-state index in [2.05, 4.69) is 30.9 Å². The van der Waals surface area contributed by atoms with Gasteiger partial charge in [0.25, 0.3) is 0 Å². The van der Waals surface area contributed by atoms with E-state index in [-0.39, 0.29) is 0 Å². The summed E-state index contributed by atoms with van der Waals surface area (Å²) in [5.41, 5.74) is 3.48. The van der Waals surface area contributed by atoms with Crippen LogP contribution < -0.4 is 5.43 Å². The van der Waals surface area contributed by atoms with Gasteiger partial charge in [-0.05, 0) is 33.1 Å². The molecule has 1 rings (SSSR count). The first kappa shape index (κ1) is 10.7. The highest BCUT2D eigenvalue weighted by molar-refractivity contribution is 4.77. The van der Waals surface area contributed by atoms with Gasteiger partial charge in [-0.25, -0.2) is 5.01 Å². The minimum Gasteiger partial charge on any atom is -0.254 e. The standard InChI is InChI=1S/C11H22N2/c1-4-5-9-12-13-10(2)7-6-8-11(13)3/h4,10-12H,1,5-9H2,2-3H3. The molecule has 2 unspecified atom stereocenters. The third-order valence-electron chi connectivity index (χ3n) is 2.84. The molecule has 1 N–H and O–H groups in total. The van der Waals surface area contributed by atoms with Crippen molar-refractivity contribution in [3.63, 3.8) is 0 Å². The molecule has 0 amide bonds. The summed E-state index contributed by atoms with van der Waals surface area (Å²) in [7, 11) is 0. The van der Waals surface area contributed by atoms with E-state index < -0.39 is 0 Å². The molecule has 1 aliphatic heterocycles. The second-order valence-corrected chi connectivity index (χ2v) is 4.02.